The third-order valence-electron chi connectivity index (χ3n) is 8.39. The second-order valence-corrected chi connectivity index (χ2v) is 23.3. The Balaban J connectivity index is 0.000000172. The molecule has 1 aliphatic carbocycles. The van der Waals surface area contributed by atoms with Gasteiger partial charge >= 0.3 is 144 Å². The van der Waals surface area contributed by atoms with Gasteiger partial charge in [-0.15, -0.1) is 18.2 Å². The summed E-state index contributed by atoms with van der Waals surface area (Å²) < 4.78 is 7.55. The molecule has 0 aliphatic heterocycles. The molecule has 1 saturated carbocycles. The molecule has 0 saturated heterocycles. The Kier molecular flexibility index (Phi) is 10.5. The fraction of sp³-hybridized carbons (Fsp3) is 0.289. The van der Waals surface area contributed by atoms with Gasteiger partial charge in [-0.3, -0.25) is 4.98 Å². The maximum Gasteiger partial charge on any atom is 0 e. The largest absolute Gasteiger partial charge is 0 e. The molecule has 4 nitrogen and oxygen atoms in total. The minimum atomic E-state index is -1.89. The molecule has 1 fully saturated rings. The molecule has 0 unspecified atom stereocenters. The van der Waals surface area contributed by atoms with Gasteiger partial charge in [-0.25, -0.2) is 0 Å². The molecule has 6 aromatic rings. The molecular formula is C38H39GeIrN3O-2. The fourth-order valence-corrected chi connectivity index (χ4v) is 9.53. The first-order valence-electron chi connectivity index (χ1n) is 15.4. The summed E-state index contributed by atoms with van der Waals surface area (Å²) in [6, 6.07) is 28.9. The third kappa shape index (κ3) is 7.39. The van der Waals surface area contributed by atoms with Gasteiger partial charge < -0.3 is 9.40 Å². The summed E-state index contributed by atoms with van der Waals surface area (Å²) >= 11 is -1.89. The van der Waals surface area contributed by atoms with E-state index in [1.807, 2.05) is 55.5 Å². The van der Waals surface area contributed by atoms with Crippen molar-refractivity contribution >= 4 is 39.6 Å². The molecule has 0 atom stereocenters. The predicted octanol–water partition coefficient (Wildman–Crippen LogP) is 9.37. The first-order valence-corrected chi connectivity index (χ1v) is 22.8. The van der Waals surface area contributed by atoms with Gasteiger partial charge in [-0.05, 0) is 24.8 Å². The number of rotatable bonds is 5. The monoisotopic (exact) mass is 820 g/mol. The molecule has 1 aliphatic rings. The van der Waals surface area contributed by atoms with Gasteiger partial charge in [-0.1, -0.05) is 23.1 Å². The van der Waals surface area contributed by atoms with Crippen molar-refractivity contribution in [1.29, 1.82) is 0 Å². The van der Waals surface area contributed by atoms with E-state index in [1.54, 1.807) is 22.4 Å². The first kappa shape index (κ1) is 32.3. The summed E-state index contributed by atoms with van der Waals surface area (Å²) in [6.07, 6.45) is 14.1. The number of furan rings is 1. The van der Waals surface area contributed by atoms with Gasteiger partial charge in [0.05, 0.1) is 11.8 Å². The van der Waals surface area contributed by atoms with Crippen LogP contribution < -0.4 is 4.40 Å². The van der Waals surface area contributed by atoms with E-state index < -0.39 is 13.3 Å². The van der Waals surface area contributed by atoms with Crippen LogP contribution >= 0.6 is 0 Å². The zero-order chi connectivity index (χ0) is 29.8. The van der Waals surface area contributed by atoms with Crippen LogP contribution in [0.5, 0.6) is 0 Å². The standard InChI is InChI=1S/C21H28GeN.C17H11N2O.Ir/c1-22(2,3)20-16-23-21(18-12-8-5-9-13-18)15-19(20)14-17-10-6-4-7-11-17;1-11-9-14-12-5-4-6-13(15-7-2-3-8-18-15)17(12)20-16(14)10-19-11;/h5,8-9,12,15-17H,4,6-7,10-11,14H2,1-3H3;2-5,7-10H,1H3;/q2*-1;. The number of nitrogens with zero attached hydrogens (tertiary/aromatic N) is 3. The van der Waals surface area contributed by atoms with Crippen LogP contribution in [-0.2, 0) is 26.5 Å². The number of benzene rings is 2. The molecule has 2 aromatic carbocycles. The molecule has 6 heteroatoms. The molecule has 0 amide bonds. The van der Waals surface area contributed by atoms with E-state index in [9.17, 15) is 0 Å². The Labute approximate surface area is 277 Å². The number of hydrogen-bond donors (Lipinski definition) is 0. The van der Waals surface area contributed by atoms with Crippen molar-refractivity contribution in [1.82, 2.24) is 15.0 Å². The number of hydrogen-bond acceptors (Lipinski definition) is 4. The third-order valence-corrected chi connectivity index (χ3v) is 12.7. The molecule has 0 N–H and O–H groups in total. The van der Waals surface area contributed by atoms with Crippen molar-refractivity contribution in [2.24, 2.45) is 5.92 Å². The molecular weight excluding hydrogens is 779 g/mol. The Hall–Kier alpha value is -3.12. The minimum absolute atomic E-state index is 0. The van der Waals surface area contributed by atoms with E-state index in [0.29, 0.717) is 0 Å². The summed E-state index contributed by atoms with van der Waals surface area (Å²) in [7, 11) is 0. The van der Waals surface area contributed by atoms with Gasteiger partial charge in [0.25, 0.3) is 0 Å². The number of fused-ring (bicyclic) bond motifs is 3. The van der Waals surface area contributed by atoms with Crippen LogP contribution in [0.15, 0.2) is 89.7 Å². The average Bonchev–Trinajstić information content (AvgIpc) is 3.40. The summed E-state index contributed by atoms with van der Waals surface area (Å²) in [5.41, 5.74) is 8.12. The molecule has 0 bridgehead atoms. The van der Waals surface area contributed by atoms with Crippen LogP contribution in [-0.4, -0.2) is 28.2 Å². The van der Waals surface area contributed by atoms with Crippen LogP contribution in [0.25, 0.3) is 44.5 Å². The number of aromatic nitrogens is 3. The maximum absolute atomic E-state index is 5.96. The second-order valence-electron chi connectivity index (χ2n) is 12.7. The van der Waals surface area contributed by atoms with E-state index >= 15 is 0 Å². The molecule has 7 rings (SSSR count). The number of pyridine rings is 3. The molecule has 4 aromatic heterocycles. The van der Waals surface area contributed by atoms with E-state index in [-0.39, 0.29) is 20.1 Å². The minimum Gasteiger partial charge on any atom is 0 e. The van der Waals surface area contributed by atoms with Crippen LogP contribution in [0, 0.1) is 25.0 Å². The van der Waals surface area contributed by atoms with E-state index in [4.69, 9.17) is 9.40 Å². The Morgan fingerprint density at radius 3 is 2.36 bits per heavy atom. The topological polar surface area (TPSA) is 51.8 Å². The molecule has 0 spiro atoms. The summed E-state index contributed by atoms with van der Waals surface area (Å²) in [5, 5.41) is 2.16. The smallest absolute Gasteiger partial charge is 0 e. The van der Waals surface area contributed by atoms with Crippen molar-refractivity contribution in [2.75, 3.05) is 0 Å². The van der Waals surface area contributed by atoms with Crippen molar-refractivity contribution in [3.05, 3.63) is 109 Å². The molecule has 227 valence electrons. The Bertz CT molecular complexity index is 1820. The van der Waals surface area contributed by atoms with Crippen LogP contribution in [0.2, 0.25) is 17.3 Å². The molecule has 4 heterocycles. The second kappa shape index (κ2) is 14.3. The van der Waals surface area contributed by atoms with Crippen molar-refractivity contribution in [2.45, 2.75) is 62.7 Å². The van der Waals surface area contributed by atoms with Crippen LogP contribution in [0.3, 0.4) is 0 Å². The predicted molar refractivity (Wildman–Crippen MR) is 180 cm³/mol. The van der Waals surface area contributed by atoms with Gasteiger partial charge in [0.15, 0.2) is 0 Å². The van der Waals surface area contributed by atoms with Gasteiger partial charge in [0.2, 0.25) is 0 Å². The van der Waals surface area contributed by atoms with Gasteiger partial charge in [0.1, 0.15) is 5.58 Å². The SMILES string of the molecule is Cc1cc2c(cn1)oc1c(-c3ccccn3)[c-]ccc12.[CH3][Ge]([CH3])([CH3])[c]1cnc(-c2[c-]cccc2)cc1CC1CCCCC1.[Ir]. The zero-order valence-electron chi connectivity index (χ0n) is 26.0. The molecule has 1 radical (unpaired) electrons. The zero-order valence-corrected chi connectivity index (χ0v) is 30.5. The normalized spacial score (nSPS) is 13.7. The fourth-order valence-electron chi connectivity index (χ4n) is 6.20. The molecule has 44 heavy (non-hydrogen) atoms. The summed E-state index contributed by atoms with van der Waals surface area (Å²) in [5.74, 6) is 8.32. The quantitative estimate of drug-likeness (QED) is 0.129. The van der Waals surface area contributed by atoms with E-state index in [2.05, 4.69) is 63.8 Å². The van der Waals surface area contributed by atoms with E-state index in [0.717, 1.165) is 56.1 Å². The Morgan fingerprint density at radius 2 is 1.64 bits per heavy atom. The van der Waals surface area contributed by atoms with Gasteiger partial charge in [0, 0.05) is 37.4 Å². The first-order chi connectivity index (χ1) is 20.9. The van der Waals surface area contributed by atoms with Crippen LogP contribution in [0.1, 0.15) is 43.4 Å². The van der Waals surface area contributed by atoms with Crippen molar-refractivity contribution in [3.8, 4) is 22.5 Å². The maximum atomic E-state index is 5.96. The van der Waals surface area contributed by atoms with Crippen LogP contribution in [0.4, 0.5) is 0 Å². The Morgan fingerprint density at radius 1 is 0.818 bits per heavy atom. The van der Waals surface area contributed by atoms with Crippen molar-refractivity contribution < 1.29 is 24.5 Å². The summed E-state index contributed by atoms with van der Waals surface area (Å²) in [6.45, 7) is 1.98. The average molecular weight is 819 g/mol. The summed E-state index contributed by atoms with van der Waals surface area (Å²) in [4.78, 5) is 13.5. The van der Waals surface area contributed by atoms with Crippen molar-refractivity contribution in [3.63, 3.8) is 0 Å². The van der Waals surface area contributed by atoms with Gasteiger partial charge in [-0.2, -0.15) is 0 Å². The van der Waals surface area contributed by atoms with E-state index in [1.165, 1.54) is 38.5 Å². The number of aryl methyl sites for hydroxylation is 1.